The molecule has 6 rings (SSSR count). The minimum atomic E-state index is -4.52. The summed E-state index contributed by atoms with van der Waals surface area (Å²) in [6.07, 6.45) is -0.577. The number of ether oxygens (including phenoxy) is 4. The molecule has 0 spiro atoms. The molecule has 1 aliphatic carbocycles. The van der Waals surface area contributed by atoms with Crippen molar-refractivity contribution in [2.24, 2.45) is 23.2 Å². The summed E-state index contributed by atoms with van der Waals surface area (Å²) in [6.45, 7) is 2.35. The minimum Gasteiger partial charge on any atom is -0.497 e. The lowest BCUT2D eigenvalue weighted by molar-refractivity contribution is -0.144. The van der Waals surface area contributed by atoms with E-state index < -0.39 is 23.2 Å². The molecule has 4 heterocycles. The molecular weight excluding hydrogens is 591 g/mol. The number of amides is 2. The lowest BCUT2D eigenvalue weighted by Gasteiger charge is -2.37. The molecule has 1 aromatic carbocycles. The maximum Gasteiger partial charge on any atom is 0.417 e. The second-order valence-electron chi connectivity index (χ2n) is 12.9. The molecule has 9 nitrogen and oxygen atoms in total. The van der Waals surface area contributed by atoms with Crippen LogP contribution in [0.3, 0.4) is 0 Å². The lowest BCUT2D eigenvalue weighted by atomic mass is 9.78. The number of benzene rings is 1. The normalized spacial score (nSPS) is 28.0. The number of carbonyl (C=O) groups excluding carboxylic acids is 2. The van der Waals surface area contributed by atoms with E-state index in [4.69, 9.17) is 18.9 Å². The van der Waals surface area contributed by atoms with E-state index in [0.29, 0.717) is 62.1 Å². The number of pyridine rings is 1. The summed E-state index contributed by atoms with van der Waals surface area (Å²) < 4.78 is 62.6. The first-order valence-electron chi connectivity index (χ1n) is 15.6. The SMILES string of the molecule is COc1cccc(COC(=O)N2C[C@@H]3C[C@@H](CC4CCOCC4OC)C[C@]3(C(=O)N3CCc4ncc(C(F)(F)F)cc4C3)C2)c1. The highest BCUT2D eigenvalue weighted by atomic mass is 19.4. The number of halogens is 3. The van der Waals surface area contributed by atoms with Crippen molar-refractivity contribution in [3.8, 4) is 5.75 Å². The number of fused-ring (bicyclic) bond motifs is 2. The highest BCUT2D eigenvalue weighted by Gasteiger charge is 2.60. The number of hydrogen-bond donors (Lipinski definition) is 0. The van der Waals surface area contributed by atoms with Gasteiger partial charge < -0.3 is 28.7 Å². The summed E-state index contributed by atoms with van der Waals surface area (Å²) in [4.78, 5) is 35.2. The maximum absolute atomic E-state index is 14.5. The van der Waals surface area contributed by atoms with Crippen LogP contribution in [0.25, 0.3) is 0 Å². The van der Waals surface area contributed by atoms with Crippen LogP contribution in [-0.2, 0) is 44.8 Å². The smallest absolute Gasteiger partial charge is 0.417 e. The van der Waals surface area contributed by atoms with E-state index in [1.165, 1.54) is 0 Å². The molecule has 2 amide bonds. The van der Waals surface area contributed by atoms with E-state index in [1.807, 2.05) is 18.2 Å². The van der Waals surface area contributed by atoms with Crippen molar-refractivity contribution in [3.05, 3.63) is 58.9 Å². The van der Waals surface area contributed by atoms with E-state index >= 15 is 0 Å². The Labute approximate surface area is 261 Å². The molecule has 2 aromatic rings. The number of likely N-dealkylation sites (tertiary alicyclic amines) is 1. The topological polar surface area (TPSA) is 90.4 Å². The van der Waals surface area contributed by atoms with Crippen molar-refractivity contribution in [2.45, 2.75) is 57.5 Å². The largest absolute Gasteiger partial charge is 0.497 e. The Kier molecular flexibility index (Phi) is 8.98. The summed E-state index contributed by atoms with van der Waals surface area (Å²) in [5.74, 6) is 1.05. The number of hydrogen-bond acceptors (Lipinski definition) is 7. The third kappa shape index (κ3) is 6.49. The van der Waals surface area contributed by atoms with Gasteiger partial charge in [-0.1, -0.05) is 12.1 Å². The zero-order chi connectivity index (χ0) is 31.8. The van der Waals surface area contributed by atoms with Crippen LogP contribution in [0.2, 0.25) is 0 Å². The number of nitrogens with zero attached hydrogens (tertiary/aromatic N) is 3. The molecule has 1 aromatic heterocycles. The molecule has 244 valence electrons. The predicted molar refractivity (Wildman–Crippen MR) is 156 cm³/mol. The molecular formula is C33H40F3N3O6. The third-order valence-corrected chi connectivity index (χ3v) is 10.2. The fourth-order valence-electron chi connectivity index (χ4n) is 7.94. The van der Waals surface area contributed by atoms with Gasteiger partial charge in [0.25, 0.3) is 0 Å². The Morgan fingerprint density at radius 3 is 2.80 bits per heavy atom. The molecule has 0 bridgehead atoms. The van der Waals surface area contributed by atoms with Gasteiger partial charge >= 0.3 is 12.3 Å². The quantitative estimate of drug-likeness (QED) is 0.420. The first-order valence-corrected chi connectivity index (χ1v) is 15.6. The Bertz CT molecular complexity index is 1410. The highest BCUT2D eigenvalue weighted by Crippen LogP contribution is 2.55. The van der Waals surface area contributed by atoms with Gasteiger partial charge in [0, 0.05) is 58.2 Å². The van der Waals surface area contributed by atoms with Crippen molar-refractivity contribution in [1.82, 2.24) is 14.8 Å². The molecule has 2 unspecified atom stereocenters. The highest BCUT2D eigenvalue weighted by molar-refractivity contribution is 5.85. The van der Waals surface area contributed by atoms with Gasteiger partial charge in [-0.3, -0.25) is 9.78 Å². The van der Waals surface area contributed by atoms with Gasteiger partial charge in [0.15, 0.2) is 0 Å². The van der Waals surface area contributed by atoms with Crippen LogP contribution in [-0.4, -0.2) is 80.0 Å². The van der Waals surface area contributed by atoms with Crippen molar-refractivity contribution >= 4 is 12.0 Å². The van der Waals surface area contributed by atoms with E-state index in [9.17, 15) is 22.8 Å². The number of aromatic nitrogens is 1. The average Bonchev–Trinajstić information content (AvgIpc) is 3.57. The van der Waals surface area contributed by atoms with Crippen LogP contribution < -0.4 is 4.74 Å². The van der Waals surface area contributed by atoms with Gasteiger partial charge in [-0.2, -0.15) is 13.2 Å². The Hall–Kier alpha value is -3.38. The van der Waals surface area contributed by atoms with Gasteiger partial charge in [0.1, 0.15) is 12.4 Å². The van der Waals surface area contributed by atoms with Gasteiger partial charge in [0.2, 0.25) is 5.91 Å². The van der Waals surface area contributed by atoms with Crippen LogP contribution in [0.5, 0.6) is 5.75 Å². The summed E-state index contributed by atoms with van der Waals surface area (Å²) in [6, 6.07) is 8.40. The fourth-order valence-corrected chi connectivity index (χ4v) is 7.94. The number of rotatable bonds is 7. The van der Waals surface area contributed by atoms with E-state index in [1.54, 1.807) is 30.1 Å². The Balaban J connectivity index is 1.20. The fraction of sp³-hybridized carbons (Fsp3) is 0.606. The Morgan fingerprint density at radius 1 is 1.18 bits per heavy atom. The molecule has 12 heteroatoms. The van der Waals surface area contributed by atoms with Gasteiger partial charge in [-0.15, -0.1) is 0 Å². The second-order valence-corrected chi connectivity index (χ2v) is 12.9. The molecule has 0 N–H and O–H groups in total. The van der Waals surface area contributed by atoms with Gasteiger partial charge in [0.05, 0.1) is 30.8 Å². The van der Waals surface area contributed by atoms with Crippen LogP contribution >= 0.6 is 0 Å². The third-order valence-electron chi connectivity index (χ3n) is 10.2. The summed E-state index contributed by atoms with van der Waals surface area (Å²) in [5, 5.41) is 0. The van der Waals surface area contributed by atoms with E-state index in [-0.39, 0.29) is 43.5 Å². The minimum absolute atomic E-state index is 0.00264. The standard InChI is InChI=1S/C33H40F3N3O6/c1-42-27-5-3-4-21(12-27)18-45-31(41)39-17-26-11-22(10-23-7-9-44-19-29(23)43-2)14-32(26,20-39)30(40)38-8-6-28-24(16-38)13-25(15-37-28)33(34,35)36/h3-5,12-13,15,22-23,26,29H,6-11,14,16-20H2,1-2H3/t22-,23?,26+,29?,32+/m1/s1. The zero-order valence-corrected chi connectivity index (χ0v) is 25.7. The van der Waals surface area contributed by atoms with Crippen molar-refractivity contribution in [2.75, 3.05) is 47.1 Å². The van der Waals surface area contributed by atoms with Gasteiger partial charge in [-0.05, 0) is 72.8 Å². The summed E-state index contributed by atoms with van der Waals surface area (Å²) in [5.41, 5.74) is 0.146. The second kappa shape index (κ2) is 12.8. The summed E-state index contributed by atoms with van der Waals surface area (Å²) >= 11 is 0. The van der Waals surface area contributed by atoms with Crippen LogP contribution in [0.4, 0.5) is 18.0 Å². The zero-order valence-electron chi connectivity index (χ0n) is 25.7. The monoisotopic (exact) mass is 631 g/mol. The Morgan fingerprint density at radius 2 is 2.02 bits per heavy atom. The molecule has 4 aliphatic rings. The van der Waals surface area contributed by atoms with Crippen LogP contribution in [0, 0.1) is 23.2 Å². The van der Waals surface area contributed by atoms with E-state index in [0.717, 1.165) is 37.1 Å². The lowest BCUT2D eigenvalue weighted by Crippen LogP contribution is -2.49. The molecule has 3 fully saturated rings. The average molecular weight is 632 g/mol. The van der Waals surface area contributed by atoms with Crippen molar-refractivity contribution < 1.29 is 41.7 Å². The van der Waals surface area contributed by atoms with Gasteiger partial charge in [-0.25, -0.2) is 4.79 Å². The molecule has 2 saturated heterocycles. The first-order chi connectivity index (χ1) is 21.6. The molecule has 1 saturated carbocycles. The van der Waals surface area contributed by atoms with Crippen LogP contribution in [0.1, 0.15) is 48.1 Å². The number of alkyl halides is 3. The molecule has 45 heavy (non-hydrogen) atoms. The molecule has 5 atom stereocenters. The number of methoxy groups -OCH3 is 2. The summed E-state index contributed by atoms with van der Waals surface area (Å²) in [7, 11) is 3.27. The predicted octanol–water partition coefficient (Wildman–Crippen LogP) is 5.10. The van der Waals surface area contributed by atoms with Crippen molar-refractivity contribution in [3.63, 3.8) is 0 Å². The van der Waals surface area contributed by atoms with Crippen LogP contribution in [0.15, 0.2) is 36.5 Å². The number of carbonyl (C=O) groups is 2. The molecule has 0 radical (unpaired) electrons. The van der Waals surface area contributed by atoms with E-state index in [2.05, 4.69) is 4.98 Å². The van der Waals surface area contributed by atoms with Crippen molar-refractivity contribution in [1.29, 1.82) is 0 Å². The maximum atomic E-state index is 14.5. The molecule has 3 aliphatic heterocycles. The first kappa shape index (κ1) is 31.6.